The topological polar surface area (TPSA) is 93.1 Å². The molecule has 0 radical (unpaired) electrons. The maximum absolute atomic E-state index is 12.4. The molecule has 0 aliphatic heterocycles. The lowest BCUT2D eigenvalue weighted by atomic mass is 9.74. The molecule has 1 aromatic rings. The number of benzene rings is 1. The molecule has 0 unspecified atom stereocenters. The highest BCUT2D eigenvalue weighted by Gasteiger charge is 2.36. The number of aliphatic hydroxyl groups is 2. The van der Waals surface area contributed by atoms with Gasteiger partial charge in [0.25, 0.3) is 0 Å². The molecule has 2 rings (SSSR count). The Morgan fingerprint density at radius 1 is 0.842 bits per heavy atom. The first-order chi connectivity index (χ1) is 18.3. The summed E-state index contributed by atoms with van der Waals surface area (Å²) in [6.45, 7) is 10.4. The number of rotatable bonds is 17. The fraction of sp³-hybridized carbons (Fsp3) is 0.625. The van der Waals surface area contributed by atoms with E-state index in [1.165, 1.54) is 56.9 Å². The van der Waals surface area contributed by atoms with Crippen LogP contribution in [0.2, 0.25) is 0 Å². The van der Waals surface area contributed by atoms with Crippen LogP contribution in [0.5, 0.6) is 0 Å². The van der Waals surface area contributed by atoms with Gasteiger partial charge in [0.05, 0.1) is 29.8 Å². The summed E-state index contributed by atoms with van der Waals surface area (Å²) >= 11 is 0. The van der Waals surface area contributed by atoms with Gasteiger partial charge in [-0.05, 0) is 55.1 Å². The first kappa shape index (κ1) is 31.8. The van der Waals surface area contributed by atoms with E-state index in [2.05, 4.69) is 51.3 Å². The van der Waals surface area contributed by atoms with Crippen molar-refractivity contribution < 1.29 is 29.3 Å². The van der Waals surface area contributed by atoms with Crippen molar-refractivity contribution in [3.63, 3.8) is 0 Å². The van der Waals surface area contributed by atoms with E-state index in [0.717, 1.165) is 24.3 Å². The van der Waals surface area contributed by atoms with Gasteiger partial charge in [-0.3, -0.25) is 0 Å². The van der Waals surface area contributed by atoms with Crippen molar-refractivity contribution >= 4 is 11.9 Å². The Hall–Kier alpha value is -2.44. The monoisotopic (exact) mass is 528 g/mol. The molecule has 1 aromatic carbocycles. The summed E-state index contributed by atoms with van der Waals surface area (Å²) in [6, 6.07) is 8.48. The van der Waals surface area contributed by atoms with E-state index >= 15 is 0 Å². The standard InChI is InChI=1S/C32H48O6/c1-5-7-9-10-26-11-13-27(14-12-26)28-15-17-29(18-16-28)32(19-8-6-2,22-37-30(35)24(3)20-33)23-38-31(36)25(4)21-34/h15-18,26-27,33-34H,3-14,19-23H2,1-2H3. The van der Waals surface area contributed by atoms with Crippen LogP contribution < -0.4 is 0 Å². The maximum Gasteiger partial charge on any atom is 0.335 e. The zero-order valence-corrected chi connectivity index (χ0v) is 23.5. The minimum absolute atomic E-state index is 0.0219. The van der Waals surface area contributed by atoms with Crippen molar-refractivity contribution in [2.45, 2.75) is 95.8 Å². The average Bonchev–Trinajstić information content (AvgIpc) is 2.96. The second-order valence-corrected chi connectivity index (χ2v) is 10.9. The fourth-order valence-corrected chi connectivity index (χ4v) is 5.33. The minimum atomic E-state index is -0.776. The first-order valence-corrected chi connectivity index (χ1v) is 14.3. The fourth-order valence-electron chi connectivity index (χ4n) is 5.33. The highest BCUT2D eigenvalue weighted by atomic mass is 16.5. The highest BCUT2D eigenvalue weighted by molar-refractivity contribution is 5.88. The second-order valence-electron chi connectivity index (χ2n) is 10.9. The molecule has 1 aliphatic carbocycles. The van der Waals surface area contributed by atoms with Crippen LogP contribution in [0.3, 0.4) is 0 Å². The smallest absolute Gasteiger partial charge is 0.335 e. The summed E-state index contributed by atoms with van der Waals surface area (Å²) in [5.41, 5.74) is 1.41. The summed E-state index contributed by atoms with van der Waals surface area (Å²) in [7, 11) is 0. The summed E-state index contributed by atoms with van der Waals surface area (Å²) in [6.07, 6.45) is 12.6. The Morgan fingerprint density at radius 3 is 1.84 bits per heavy atom. The van der Waals surface area contributed by atoms with Crippen molar-refractivity contribution in [3.8, 4) is 0 Å². The van der Waals surface area contributed by atoms with Gasteiger partial charge in [0, 0.05) is 0 Å². The lowest BCUT2D eigenvalue weighted by molar-refractivity contribution is -0.146. The second kappa shape index (κ2) is 16.5. The Balaban J connectivity index is 2.23. The maximum atomic E-state index is 12.4. The number of unbranched alkanes of at least 4 members (excludes halogenated alkanes) is 3. The molecule has 0 amide bonds. The molecular weight excluding hydrogens is 480 g/mol. The molecule has 1 fully saturated rings. The van der Waals surface area contributed by atoms with Gasteiger partial charge in [0.1, 0.15) is 13.2 Å². The summed E-state index contributed by atoms with van der Waals surface area (Å²) in [5.74, 6) is 0.0528. The molecule has 38 heavy (non-hydrogen) atoms. The SMILES string of the molecule is C=C(CO)C(=O)OCC(CCCC)(COC(=O)C(=C)CO)c1ccc(C2CCC(CCCCC)CC2)cc1. The van der Waals surface area contributed by atoms with Crippen molar-refractivity contribution in [3.05, 3.63) is 59.7 Å². The zero-order chi connectivity index (χ0) is 28.0. The van der Waals surface area contributed by atoms with Crippen LogP contribution in [-0.2, 0) is 24.5 Å². The van der Waals surface area contributed by atoms with Crippen LogP contribution in [0, 0.1) is 5.92 Å². The molecule has 1 saturated carbocycles. The third-order valence-electron chi connectivity index (χ3n) is 7.98. The molecule has 6 heteroatoms. The normalized spacial score (nSPS) is 17.6. The van der Waals surface area contributed by atoms with E-state index in [1.54, 1.807) is 0 Å². The van der Waals surface area contributed by atoms with Gasteiger partial charge in [0.15, 0.2) is 0 Å². The lowest BCUT2D eigenvalue weighted by Crippen LogP contribution is -2.39. The van der Waals surface area contributed by atoms with E-state index in [0.29, 0.717) is 12.3 Å². The van der Waals surface area contributed by atoms with Gasteiger partial charge in [-0.2, -0.15) is 0 Å². The number of carbonyl (C=O) groups is 2. The first-order valence-electron chi connectivity index (χ1n) is 14.3. The van der Waals surface area contributed by atoms with Gasteiger partial charge in [-0.25, -0.2) is 9.59 Å². The van der Waals surface area contributed by atoms with Crippen LogP contribution >= 0.6 is 0 Å². The third-order valence-corrected chi connectivity index (χ3v) is 7.98. The lowest BCUT2D eigenvalue weighted by Gasteiger charge is -2.34. The number of hydrogen-bond acceptors (Lipinski definition) is 6. The van der Waals surface area contributed by atoms with Gasteiger partial charge in [0.2, 0.25) is 0 Å². The van der Waals surface area contributed by atoms with E-state index in [4.69, 9.17) is 9.47 Å². The Morgan fingerprint density at radius 2 is 1.37 bits per heavy atom. The Kier molecular flexibility index (Phi) is 13.8. The molecule has 0 spiro atoms. The van der Waals surface area contributed by atoms with Crippen LogP contribution in [0.4, 0.5) is 0 Å². The quantitative estimate of drug-likeness (QED) is 0.143. The van der Waals surface area contributed by atoms with E-state index in [9.17, 15) is 19.8 Å². The summed E-state index contributed by atoms with van der Waals surface area (Å²) < 4.78 is 11.1. The third kappa shape index (κ3) is 9.39. The molecule has 1 aliphatic rings. The number of esters is 2. The molecule has 0 heterocycles. The van der Waals surface area contributed by atoms with Crippen LogP contribution in [0.25, 0.3) is 0 Å². The summed E-state index contributed by atoms with van der Waals surface area (Å²) in [5, 5.41) is 18.6. The number of carbonyl (C=O) groups excluding carboxylic acids is 2. The summed E-state index contributed by atoms with van der Waals surface area (Å²) in [4.78, 5) is 24.7. The van der Waals surface area contributed by atoms with Crippen molar-refractivity contribution in [2.75, 3.05) is 26.4 Å². The minimum Gasteiger partial charge on any atom is -0.461 e. The molecule has 2 N–H and O–H groups in total. The predicted octanol–water partition coefficient (Wildman–Crippen LogP) is 6.15. The molecule has 0 saturated heterocycles. The molecule has 0 aromatic heterocycles. The number of ether oxygens (including phenoxy) is 2. The van der Waals surface area contributed by atoms with Gasteiger partial charge >= 0.3 is 11.9 Å². The van der Waals surface area contributed by atoms with Crippen LogP contribution in [-0.4, -0.2) is 48.6 Å². The van der Waals surface area contributed by atoms with Crippen molar-refractivity contribution in [1.82, 2.24) is 0 Å². The van der Waals surface area contributed by atoms with Crippen molar-refractivity contribution in [1.29, 1.82) is 0 Å². The highest BCUT2D eigenvalue weighted by Crippen LogP contribution is 2.39. The van der Waals surface area contributed by atoms with Gasteiger partial charge in [-0.1, -0.05) is 89.8 Å². The largest absolute Gasteiger partial charge is 0.461 e. The van der Waals surface area contributed by atoms with Crippen LogP contribution in [0.1, 0.15) is 102 Å². The predicted molar refractivity (Wildman–Crippen MR) is 151 cm³/mol. The molecule has 212 valence electrons. The van der Waals surface area contributed by atoms with E-state index in [-0.39, 0.29) is 24.4 Å². The Labute approximate surface area is 229 Å². The van der Waals surface area contributed by atoms with Gasteiger partial charge in [-0.15, -0.1) is 0 Å². The van der Waals surface area contributed by atoms with Crippen LogP contribution in [0.15, 0.2) is 48.6 Å². The zero-order valence-electron chi connectivity index (χ0n) is 23.5. The van der Waals surface area contributed by atoms with E-state index in [1.807, 2.05) is 0 Å². The number of aliphatic hydroxyl groups excluding tert-OH is 2. The van der Waals surface area contributed by atoms with E-state index < -0.39 is 30.6 Å². The van der Waals surface area contributed by atoms with Gasteiger partial charge < -0.3 is 19.7 Å². The molecule has 0 atom stereocenters. The molecule has 6 nitrogen and oxygen atoms in total. The Bertz CT molecular complexity index is 863. The average molecular weight is 529 g/mol. The molecular formula is C32H48O6. The number of hydrogen-bond donors (Lipinski definition) is 2. The molecule has 0 bridgehead atoms. The van der Waals surface area contributed by atoms with Crippen molar-refractivity contribution in [2.24, 2.45) is 5.92 Å².